The molecular formula is C19H17FN4O2S. The van der Waals surface area contributed by atoms with Crippen molar-refractivity contribution in [2.75, 3.05) is 16.2 Å². The summed E-state index contributed by atoms with van der Waals surface area (Å²) in [5, 5.41) is 8.16. The van der Waals surface area contributed by atoms with E-state index in [9.17, 15) is 12.8 Å². The monoisotopic (exact) mass is 384 g/mol. The zero-order valence-electron chi connectivity index (χ0n) is 14.6. The highest BCUT2D eigenvalue weighted by Crippen LogP contribution is 2.33. The Morgan fingerprint density at radius 3 is 2.63 bits per heavy atom. The van der Waals surface area contributed by atoms with Crippen LogP contribution in [0.15, 0.2) is 59.5 Å². The molecule has 0 radical (unpaired) electrons. The molecule has 3 aromatic rings. The summed E-state index contributed by atoms with van der Waals surface area (Å²) in [5.41, 5.74) is 2.65. The number of hydrogen-bond donors (Lipinski definition) is 1. The van der Waals surface area contributed by atoms with Crippen molar-refractivity contribution in [3.63, 3.8) is 0 Å². The van der Waals surface area contributed by atoms with Gasteiger partial charge in [0.2, 0.25) is 0 Å². The Balaban J connectivity index is 1.56. The van der Waals surface area contributed by atoms with Crippen LogP contribution in [0.4, 0.5) is 21.7 Å². The highest BCUT2D eigenvalue weighted by Gasteiger charge is 2.22. The lowest BCUT2D eigenvalue weighted by molar-refractivity contribution is 0.598. The van der Waals surface area contributed by atoms with Crippen LogP contribution in [-0.4, -0.2) is 25.2 Å². The Labute approximate surface area is 156 Å². The van der Waals surface area contributed by atoms with Gasteiger partial charge in [-0.3, -0.25) is 4.72 Å². The topological polar surface area (TPSA) is 75.2 Å². The van der Waals surface area contributed by atoms with E-state index in [4.69, 9.17) is 0 Å². The van der Waals surface area contributed by atoms with Gasteiger partial charge >= 0.3 is 0 Å². The molecule has 0 atom stereocenters. The van der Waals surface area contributed by atoms with Crippen LogP contribution in [-0.2, 0) is 16.4 Å². The summed E-state index contributed by atoms with van der Waals surface area (Å²) in [6.45, 7) is 2.34. The van der Waals surface area contributed by atoms with Gasteiger partial charge in [0.25, 0.3) is 10.0 Å². The maximum atomic E-state index is 13.2. The Kier molecular flexibility index (Phi) is 4.27. The molecule has 0 aliphatic carbocycles. The van der Waals surface area contributed by atoms with E-state index >= 15 is 0 Å². The number of fused-ring (bicyclic) bond motifs is 1. The summed E-state index contributed by atoms with van der Waals surface area (Å²) >= 11 is 0. The van der Waals surface area contributed by atoms with Gasteiger partial charge in [-0.15, -0.1) is 10.2 Å². The molecule has 6 nitrogen and oxygen atoms in total. The number of sulfonamides is 1. The zero-order chi connectivity index (χ0) is 19.0. The van der Waals surface area contributed by atoms with Gasteiger partial charge in [-0.05, 0) is 60.9 Å². The molecule has 1 aliphatic rings. The Bertz CT molecular complexity index is 1100. The molecule has 0 unspecified atom stereocenters. The number of hydrogen-bond acceptors (Lipinski definition) is 5. The summed E-state index contributed by atoms with van der Waals surface area (Å²) < 4.78 is 40.7. The average Bonchev–Trinajstić information content (AvgIpc) is 3.06. The first-order valence-electron chi connectivity index (χ1n) is 8.42. The van der Waals surface area contributed by atoms with E-state index in [1.807, 2.05) is 23.1 Å². The fourth-order valence-electron chi connectivity index (χ4n) is 3.21. The molecule has 2 aromatic carbocycles. The van der Waals surface area contributed by atoms with E-state index in [0.29, 0.717) is 11.4 Å². The number of aromatic nitrogens is 2. The molecule has 2 heterocycles. The van der Waals surface area contributed by atoms with Gasteiger partial charge in [0.15, 0.2) is 11.6 Å². The van der Waals surface area contributed by atoms with E-state index in [0.717, 1.165) is 24.7 Å². The van der Waals surface area contributed by atoms with Crippen LogP contribution in [0.5, 0.6) is 0 Å². The van der Waals surface area contributed by atoms with Crippen molar-refractivity contribution in [3.8, 4) is 0 Å². The Morgan fingerprint density at radius 1 is 1.07 bits per heavy atom. The predicted molar refractivity (Wildman–Crippen MR) is 101 cm³/mol. The van der Waals surface area contributed by atoms with Gasteiger partial charge in [0, 0.05) is 12.2 Å². The normalized spacial score (nSPS) is 13.5. The SMILES string of the molecule is Cc1cc(F)ccc1S(=O)(=O)Nc1ccc(N2CCc3ccccc32)nn1. The second-order valence-corrected chi connectivity index (χ2v) is 7.97. The second kappa shape index (κ2) is 6.62. The van der Waals surface area contributed by atoms with Gasteiger partial charge in [-0.25, -0.2) is 12.8 Å². The van der Waals surface area contributed by atoms with Crippen LogP contribution < -0.4 is 9.62 Å². The standard InChI is InChI=1S/C19H17FN4O2S/c1-13-12-15(20)6-7-17(13)27(25,26)23-18-8-9-19(22-21-18)24-11-10-14-4-2-3-5-16(14)24/h2-9,12H,10-11H2,1H3,(H,21,23). The van der Waals surface area contributed by atoms with Gasteiger partial charge in [0.1, 0.15) is 5.82 Å². The van der Waals surface area contributed by atoms with Gasteiger partial charge < -0.3 is 4.90 Å². The summed E-state index contributed by atoms with van der Waals surface area (Å²) in [7, 11) is -3.87. The second-order valence-electron chi connectivity index (χ2n) is 6.32. The van der Waals surface area contributed by atoms with Crippen molar-refractivity contribution in [2.24, 2.45) is 0 Å². The van der Waals surface area contributed by atoms with Crippen LogP contribution in [0.3, 0.4) is 0 Å². The van der Waals surface area contributed by atoms with Gasteiger partial charge in [0.05, 0.1) is 4.90 Å². The zero-order valence-corrected chi connectivity index (χ0v) is 15.4. The number of aryl methyl sites for hydroxylation is 1. The molecule has 1 aliphatic heterocycles. The average molecular weight is 384 g/mol. The fraction of sp³-hybridized carbons (Fsp3) is 0.158. The maximum absolute atomic E-state index is 13.2. The number of rotatable bonds is 4. The van der Waals surface area contributed by atoms with Crippen molar-refractivity contribution in [1.82, 2.24) is 10.2 Å². The predicted octanol–water partition coefficient (Wildman–Crippen LogP) is 3.42. The van der Waals surface area contributed by atoms with Crippen molar-refractivity contribution >= 4 is 27.3 Å². The highest BCUT2D eigenvalue weighted by molar-refractivity contribution is 7.92. The minimum atomic E-state index is -3.87. The molecule has 0 saturated carbocycles. The van der Waals surface area contributed by atoms with Crippen molar-refractivity contribution in [3.05, 3.63) is 71.5 Å². The van der Waals surface area contributed by atoms with E-state index in [1.54, 1.807) is 12.1 Å². The highest BCUT2D eigenvalue weighted by atomic mass is 32.2. The molecule has 27 heavy (non-hydrogen) atoms. The van der Waals surface area contributed by atoms with Gasteiger partial charge in [-0.2, -0.15) is 0 Å². The van der Waals surface area contributed by atoms with Crippen molar-refractivity contribution in [2.45, 2.75) is 18.2 Å². The number of benzene rings is 2. The Hall–Kier alpha value is -3.00. The van der Waals surface area contributed by atoms with E-state index in [1.165, 1.54) is 24.6 Å². The first kappa shape index (κ1) is 17.4. The maximum Gasteiger partial charge on any atom is 0.263 e. The summed E-state index contributed by atoms with van der Waals surface area (Å²) in [6, 6.07) is 14.9. The lowest BCUT2D eigenvalue weighted by Crippen LogP contribution is -2.18. The number of halogens is 1. The number of anilines is 3. The first-order valence-corrected chi connectivity index (χ1v) is 9.90. The first-order chi connectivity index (χ1) is 12.9. The number of para-hydroxylation sites is 1. The summed E-state index contributed by atoms with van der Waals surface area (Å²) in [5.74, 6) is 0.275. The van der Waals surface area contributed by atoms with Crippen molar-refractivity contribution in [1.29, 1.82) is 0 Å². The number of nitrogens with one attached hydrogen (secondary N) is 1. The molecule has 0 amide bonds. The smallest absolute Gasteiger partial charge is 0.263 e. The van der Waals surface area contributed by atoms with Gasteiger partial charge in [-0.1, -0.05) is 18.2 Å². The van der Waals surface area contributed by atoms with Crippen LogP contribution in [0, 0.1) is 12.7 Å². The van der Waals surface area contributed by atoms with Crippen LogP contribution in [0.2, 0.25) is 0 Å². The van der Waals surface area contributed by atoms with Crippen LogP contribution in [0.1, 0.15) is 11.1 Å². The largest absolute Gasteiger partial charge is 0.324 e. The lowest BCUT2D eigenvalue weighted by Gasteiger charge is -2.17. The van der Waals surface area contributed by atoms with Crippen molar-refractivity contribution < 1.29 is 12.8 Å². The molecule has 1 aromatic heterocycles. The molecule has 4 rings (SSSR count). The molecule has 8 heteroatoms. The van der Waals surface area contributed by atoms with E-state index in [-0.39, 0.29) is 10.7 Å². The molecule has 138 valence electrons. The molecule has 0 fully saturated rings. The summed E-state index contributed by atoms with van der Waals surface area (Å²) in [4.78, 5) is 2.05. The fourth-order valence-corrected chi connectivity index (χ4v) is 4.43. The lowest BCUT2D eigenvalue weighted by atomic mass is 10.2. The summed E-state index contributed by atoms with van der Waals surface area (Å²) in [6.07, 6.45) is 0.927. The minimum absolute atomic E-state index is 0.00301. The molecular weight excluding hydrogens is 367 g/mol. The van der Waals surface area contributed by atoms with E-state index in [2.05, 4.69) is 21.0 Å². The minimum Gasteiger partial charge on any atom is -0.324 e. The van der Waals surface area contributed by atoms with E-state index < -0.39 is 15.8 Å². The Morgan fingerprint density at radius 2 is 1.89 bits per heavy atom. The number of nitrogens with zero attached hydrogens (tertiary/aromatic N) is 3. The third kappa shape index (κ3) is 3.35. The third-order valence-corrected chi connectivity index (χ3v) is 5.99. The quantitative estimate of drug-likeness (QED) is 0.746. The molecule has 0 saturated heterocycles. The third-order valence-electron chi connectivity index (χ3n) is 4.48. The molecule has 0 spiro atoms. The molecule has 0 bridgehead atoms. The van der Waals surface area contributed by atoms with Crippen LogP contribution in [0.25, 0.3) is 0 Å². The molecule has 1 N–H and O–H groups in total. The van der Waals surface area contributed by atoms with Crippen LogP contribution >= 0.6 is 0 Å².